The number of aromatic amines is 1. The van der Waals surface area contributed by atoms with E-state index in [1.807, 2.05) is 0 Å². The Balaban J connectivity index is 0.000000360. The lowest BCUT2D eigenvalue weighted by atomic mass is 10.1. The summed E-state index contributed by atoms with van der Waals surface area (Å²) in [6.07, 6.45) is -1.27. The average Bonchev–Trinajstić information content (AvgIpc) is 3.34. The summed E-state index contributed by atoms with van der Waals surface area (Å²) in [6.45, 7) is 4.32. The maximum Gasteiger partial charge on any atom is 0.490 e. The molecule has 0 aliphatic heterocycles. The van der Waals surface area contributed by atoms with Crippen molar-refractivity contribution in [2.45, 2.75) is 51.4 Å². The summed E-state index contributed by atoms with van der Waals surface area (Å²) in [5, 5.41) is 19.3. The highest BCUT2D eigenvalue weighted by atomic mass is 19.4. The van der Waals surface area contributed by atoms with E-state index in [1.54, 1.807) is 0 Å². The number of carbonyl (C=O) groups is 1. The number of hydrogen-bond donors (Lipinski definition) is 3. The minimum Gasteiger partial charge on any atom is -0.475 e. The third-order valence-electron chi connectivity index (χ3n) is 4.82. The lowest BCUT2D eigenvalue weighted by Gasteiger charge is -2.13. The van der Waals surface area contributed by atoms with Gasteiger partial charge in [-0.05, 0) is 38.3 Å². The smallest absolute Gasteiger partial charge is 0.475 e. The van der Waals surface area contributed by atoms with E-state index in [4.69, 9.17) is 21.2 Å². The van der Waals surface area contributed by atoms with Gasteiger partial charge in [0, 0.05) is 28.1 Å². The van der Waals surface area contributed by atoms with Crippen molar-refractivity contribution in [3.05, 3.63) is 34.2 Å². The molecule has 170 valence electrons. The number of aliphatic carboxylic acids is 1. The molecule has 0 unspecified atom stereocenters. The van der Waals surface area contributed by atoms with Gasteiger partial charge in [-0.25, -0.2) is 14.8 Å². The first-order valence-electron chi connectivity index (χ1n) is 9.56. The minimum atomic E-state index is -5.08. The van der Waals surface area contributed by atoms with Crippen molar-refractivity contribution in [1.82, 2.24) is 24.7 Å². The molecular weight excluding hydrogens is 431 g/mol. The van der Waals surface area contributed by atoms with E-state index >= 15 is 0 Å². The largest absolute Gasteiger partial charge is 0.490 e. The van der Waals surface area contributed by atoms with Gasteiger partial charge in [0.25, 0.3) is 0 Å². The molecule has 1 aliphatic carbocycles. The molecule has 14 heteroatoms. The fourth-order valence-electron chi connectivity index (χ4n) is 3.36. The summed E-state index contributed by atoms with van der Waals surface area (Å²) in [7, 11) is 0. The van der Waals surface area contributed by atoms with Crippen LogP contribution in [-0.4, -0.2) is 42.0 Å². The topological polar surface area (TPSA) is 171 Å². The molecule has 4 N–H and O–H groups in total. The Morgan fingerprint density at radius 1 is 1.44 bits per heavy atom. The fourth-order valence-corrected chi connectivity index (χ4v) is 3.36. The first-order valence-corrected chi connectivity index (χ1v) is 9.56. The van der Waals surface area contributed by atoms with Crippen LogP contribution in [0.1, 0.15) is 50.0 Å². The Bertz CT molecular complexity index is 1190. The van der Waals surface area contributed by atoms with Gasteiger partial charge >= 0.3 is 12.1 Å². The van der Waals surface area contributed by atoms with Gasteiger partial charge in [-0.3, -0.25) is 5.10 Å². The molecule has 0 radical (unpaired) electrons. The molecule has 0 saturated heterocycles. The summed E-state index contributed by atoms with van der Waals surface area (Å²) in [6, 6.07) is 2.18. The number of nitrogens with two attached hydrogens (primary N) is 1. The molecule has 3 aromatic heterocycles. The molecule has 32 heavy (non-hydrogen) atoms. The lowest BCUT2D eigenvalue weighted by molar-refractivity contribution is -0.192. The lowest BCUT2D eigenvalue weighted by Crippen LogP contribution is -2.21. The number of hydrogen-bond acceptors (Lipinski definition) is 6. The normalized spacial score (nSPS) is 13.6. The van der Waals surface area contributed by atoms with E-state index in [0.717, 1.165) is 33.7 Å². The van der Waals surface area contributed by atoms with Crippen LogP contribution in [0.25, 0.3) is 32.7 Å². The van der Waals surface area contributed by atoms with E-state index in [9.17, 15) is 13.2 Å². The third-order valence-corrected chi connectivity index (χ3v) is 4.82. The van der Waals surface area contributed by atoms with Gasteiger partial charge in [0.2, 0.25) is 0 Å². The Hall–Kier alpha value is -3.80. The van der Waals surface area contributed by atoms with Crippen LogP contribution >= 0.6 is 0 Å². The van der Waals surface area contributed by atoms with Crippen molar-refractivity contribution in [3.8, 4) is 11.3 Å². The van der Waals surface area contributed by atoms with Gasteiger partial charge in [0.1, 0.15) is 17.8 Å². The summed E-state index contributed by atoms with van der Waals surface area (Å²) in [4.78, 5) is 20.4. The van der Waals surface area contributed by atoms with Crippen LogP contribution in [0.4, 0.5) is 19.0 Å². The third kappa shape index (κ3) is 4.59. The quantitative estimate of drug-likeness (QED) is 0.296. The molecule has 11 nitrogen and oxygen atoms in total. The van der Waals surface area contributed by atoms with E-state index in [2.05, 4.69) is 54.7 Å². The number of anilines is 1. The zero-order valence-corrected chi connectivity index (χ0v) is 17.1. The van der Waals surface area contributed by atoms with Crippen LogP contribution in [0.3, 0.4) is 0 Å². The van der Waals surface area contributed by atoms with E-state index in [-0.39, 0.29) is 12.6 Å². The van der Waals surface area contributed by atoms with E-state index < -0.39 is 12.1 Å². The van der Waals surface area contributed by atoms with Gasteiger partial charge in [-0.2, -0.15) is 18.3 Å². The molecule has 0 spiro atoms. The zero-order chi connectivity index (χ0) is 23.6. The molecule has 3 heterocycles. The molecule has 1 saturated carbocycles. The van der Waals surface area contributed by atoms with Gasteiger partial charge in [-0.1, -0.05) is 5.11 Å². The number of H-pyrrole nitrogens is 1. The Morgan fingerprint density at radius 2 is 2.09 bits per heavy atom. The number of nitrogens with zero attached hydrogens (tertiary/aromatic N) is 7. The van der Waals surface area contributed by atoms with Crippen LogP contribution in [0, 0.1) is 0 Å². The summed E-state index contributed by atoms with van der Waals surface area (Å²) < 4.78 is 33.8. The van der Waals surface area contributed by atoms with Crippen LogP contribution < -0.4 is 5.73 Å². The molecule has 0 atom stereocenters. The molecule has 1 aliphatic rings. The van der Waals surface area contributed by atoms with Crippen LogP contribution in [0.5, 0.6) is 0 Å². The van der Waals surface area contributed by atoms with Gasteiger partial charge in [0.05, 0.1) is 23.3 Å². The number of nitrogens with one attached hydrogen (secondary N) is 1. The molecule has 3 aromatic rings. The highest BCUT2D eigenvalue weighted by molar-refractivity contribution is 6.01. The summed E-state index contributed by atoms with van der Waals surface area (Å²) in [5.41, 5.74) is 19.4. The van der Waals surface area contributed by atoms with Gasteiger partial charge in [-0.15, -0.1) is 0 Å². The highest BCUT2D eigenvalue weighted by Gasteiger charge is 2.38. The minimum absolute atomic E-state index is 0.125. The maximum atomic E-state index is 10.6. The Labute approximate surface area is 179 Å². The first-order chi connectivity index (χ1) is 15.1. The molecule has 4 rings (SSSR count). The van der Waals surface area contributed by atoms with Gasteiger partial charge in [0.15, 0.2) is 0 Å². The second kappa shape index (κ2) is 8.75. The second-order valence-corrected chi connectivity index (χ2v) is 7.42. The SMILES string of the molecule is CC(C)n1c(CN=[N+]=[N-])c(-c2cc(C3CC3)n[nH]2)c2c(N)ncnc21.O=C(O)C(F)(F)F. The zero-order valence-electron chi connectivity index (χ0n) is 17.1. The number of fused-ring (bicyclic) bond motifs is 1. The number of alkyl halides is 3. The molecule has 0 bridgehead atoms. The van der Waals surface area contributed by atoms with Crippen LogP contribution in [-0.2, 0) is 11.3 Å². The number of carboxylic acid groups (broad SMARTS) is 1. The first kappa shape index (κ1) is 22.9. The van der Waals surface area contributed by atoms with Crippen LogP contribution in [0.15, 0.2) is 17.5 Å². The Morgan fingerprint density at radius 3 is 2.62 bits per heavy atom. The van der Waals surface area contributed by atoms with Crippen molar-refractivity contribution in [1.29, 1.82) is 0 Å². The van der Waals surface area contributed by atoms with Crippen molar-refractivity contribution < 1.29 is 23.1 Å². The monoisotopic (exact) mass is 451 g/mol. The van der Waals surface area contributed by atoms with Crippen molar-refractivity contribution in [3.63, 3.8) is 0 Å². The molecular formula is C18H20F3N9O2. The van der Waals surface area contributed by atoms with Crippen molar-refractivity contribution in [2.75, 3.05) is 5.73 Å². The predicted molar refractivity (Wildman–Crippen MR) is 108 cm³/mol. The number of azide groups is 1. The Kier molecular flexibility index (Phi) is 6.25. The second-order valence-electron chi connectivity index (χ2n) is 7.42. The standard InChI is InChI=1S/C16H19N9.C2HF3O2/c1-8(2)25-12(6-21-24-18)13(14-15(17)19-7-20-16(14)25)11-5-10(22-23-11)9-3-4-9;3-2(4,5)1(6)7/h5,7-9H,3-4,6H2,1-2H3,(H,22,23)(H2,17,19,20);(H,6,7). The van der Waals surface area contributed by atoms with E-state index in [0.29, 0.717) is 11.7 Å². The van der Waals surface area contributed by atoms with Crippen molar-refractivity contribution in [2.24, 2.45) is 5.11 Å². The van der Waals surface area contributed by atoms with Crippen LogP contribution in [0.2, 0.25) is 0 Å². The van der Waals surface area contributed by atoms with Crippen molar-refractivity contribution >= 4 is 22.8 Å². The average molecular weight is 451 g/mol. The fraction of sp³-hybridized carbons (Fsp3) is 0.444. The number of rotatable bonds is 5. The molecule has 0 amide bonds. The van der Waals surface area contributed by atoms with E-state index in [1.165, 1.54) is 19.2 Å². The highest BCUT2D eigenvalue weighted by Crippen LogP contribution is 2.42. The number of halogens is 3. The molecule has 0 aromatic carbocycles. The summed E-state index contributed by atoms with van der Waals surface area (Å²) in [5.74, 6) is -1.81. The number of nitrogen functional groups attached to an aromatic ring is 1. The van der Waals surface area contributed by atoms with Gasteiger partial charge < -0.3 is 15.4 Å². The maximum absolute atomic E-state index is 10.6. The number of aromatic nitrogens is 5. The molecule has 1 fully saturated rings. The summed E-state index contributed by atoms with van der Waals surface area (Å²) >= 11 is 0. The number of carboxylic acids is 1. The predicted octanol–water partition coefficient (Wildman–Crippen LogP) is 4.31.